The van der Waals surface area contributed by atoms with Crippen molar-refractivity contribution in [3.63, 3.8) is 0 Å². The molecular formula is C12H21BrN4O. The second-order valence-corrected chi connectivity index (χ2v) is 5.98. The molecule has 0 aromatic carbocycles. The highest BCUT2D eigenvalue weighted by atomic mass is 79.9. The van der Waals surface area contributed by atoms with Crippen LogP contribution in [0.3, 0.4) is 0 Å². The summed E-state index contributed by atoms with van der Waals surface area (Å²) in [5.74, 6) is 5.74. The molecule has 2 rings (SSSR count). The Kier molecular flexibility index (Phi) is 4.42. The van der Waals surface area contributed by atoms with Crippen LogP contribution < -0.4 is 11.3 Å². The summed E-state index contributed by atoms with van der Waals surface area (Å²) in [7, 11) is 0. The van der Waals surface area contributed by atoms with Crippen LogP contribution in [0.25, 0.3) is 0 Å². The van der Waals surface area contributed by atoms with E-state index in [9.17, 15) is 0 Å². The Labute approximate surface area is 116 Å². The SMILES string of the molecule is CC1CCC(C(NN)c2c(Br)cnn2C(C)C)O1. The Bertz CT molecular complexity index is 407. The predicted molar refractivity (Wildman–Crippen MR) is 73.9 cm³/mol. The minimum atomic E-state index is -0.0331. The summed E-state index contributed by atoms with van der Waals surface area (Å²) in [5.41, 5.74) is 3.95. The number of halogens is 1. The first-order chi connectivity index (χ1) is 8.54. The molecule has 1 fully saturated rings. The van der Waals surface area contributed by atoms with Crippen LogP contribution in [0.1, 0.15) is 51.4 Å². The first-order valence-electron chi connectivity index (χ1n) is 6.39. The minimum Gasteiger partial charge on any atom is -0.373 e. The highest BCUT2D eigenvalue weighted by Gasteiger charge is 2.33. The smallest absolute Gasteiger partial charge is 0.0902 e. The van der Waals surface area contributed by atoms with Crippen LogP contribution in [0.4, 0.5) is 0 Å². The van der Waals surface area contributed by atoms with Gasteiger partial charge >= 0.3 is 0 Å². The Morgan fingerprint density at radius 2 is 2.28 bits per heavy atom. The molecule has 3 N–H and O–H groups in total. The normalized spacial score (nSPS) is 25.9. The van der Waals surface area contributed by atoms with Gasteiger partial charge in [-0.15, -0.1) is 0 Å². The molecule has 1 aromatic heterocycles. The standard InChI is InChI=1S/C12H21BrN4O/c1-7(2)17-12(9(13)6-15-17)11(16-14)10-5-4-8(3)18-10/h6-8,10-11,16H,4-5,14H2,1-3H3. The molecule has 5 nitrogen and oxygen atoms in total. The zero-order valence-electron chi connectivity index (χ0n) is 11.1. The molecule has 3 atom stereocenters. The van der Waals surface area contributed by atoms with Crippen molar-refractivity contribution in [1.82, 2.24) is 15.2 Å². The van der Waals surface area contributed by atoms with Crippen LogP contribution >= 0.6 is 15.9 Å². The lowest BCUT2D eigenvalue weighted by atomic mass is 10.0. The molecule has 0 radical (unpaired) electrons. The molecule has 0 spiro atoms. The lowest BCUT2D eigenvalue weighted by Gasteiger charge is -2.25. The molecule has 0 amide bonds. The third kappa shape index (κ3) is 2.61. The highest BCUT2D eigenvalue weighted by Crippen LogP contribution is 2.34. The Balaban J connectivity index is 2.29. The van der Waals surface area contributed by atoms with Gasteiger partial charge in [0.25, 0.3) is 0 Å². The monoisotopic (exact) mass is 316 g/mol. The number of aromatic nitrogens is 2. The molecule has 0 saturated carbocycles. The molecular weight excluding hydrogens is 296 g/mol. The fourth-order valence-electron chi connectivity index (χ4n) is 2.49. The number of rotatable bonds is 4. The molecule has 6 heteroatoms. The summed E-state index contributed by atoms with van der Waals surface area (Å²) >= 11 is 3.55. The van der Waals surface area contributed by atoms with Crippen molar-refractivity contribution in [3.8, 4) is 0 Å². The van der Waals surface area contributed by atoms with Gasteiger partial charge in [-0.2, -0.15) is 5.10 Å². The molecule has 102 valence electrons. The summed E-state index contributed by atoms with van der Waals surface area (Å²) in [6.45, 7) is 6.31. The summed E-state index contributed by atoms with van der Waals surface area (Å²) in [6.07, 6.45) is 4.33. The highest BCUT2D eigenvalue weighted by molar-refractivity contribution is 9.10. The van der Waals surface area contributed by atoms with Gasteiger partial charge in [-0.05, 0) is 49.5 Å². The van der Waals surface area contributed by atoms with Crippen molar-refractivity contribution in [1.29, 1.82) is 0 Å². The minimum absolute atomic E-state index is 0.0331. The van der Waals surface area contributed by atoms with Crippen LogP contribution in [0.15, 0.2) is 10.7 Å². The molecule has 1 aromatic rings. The van der Waals surface area contributed by atoms with Gasteiger partial charge in [0.2, 0.25) is 0 Å². The fourth-order valence-corrected chi connectivity index (χ4v) is 3.01. The number of nitrogens with one attached hydrogen (secondary N) is 1. The van der Waals surface area contributed by atoms with Crippen molar-refractivity contribution in [2.75, 3.05) is 0 Å². The molecule has 0 aliphatic carbocycles. The zero-order chi connectivity index (χ0) is 13.3. The lowest BCUT2D eigenvalue weighted by molar-refractivity contribution is 0.0292. The molecule has 18 heavy (non-hydrogen) atoms. The van der Waals surface area contributed by atoms with Gasteiger partial charge in [0.1, 0.15) is 0 Å². The average Bonchev–Trinajstić information content (AvgIpc) is 2.88. The summed E-state index contributed by atoms with van der Waals surface area (Å²) < 4.78 is 8.88. The van der Waals surface area contributed by atoms with E-state index < -0.39 is 0 Å². The van der Waals surface area contributed by atoms with Crippen LogP contribution in [0, 0.1) is 0 Å². The van der Waals surface area contributed by atoms with E-state index in [1.165, 1.54) is 0 Å². The first-order valence-corrected chi connectivity index (χ1v) is 7.18. The largest absolute Gasteiger partial charge is 0.373 e. The summed E-state index contributed by atoms with van der Waals surface area (Å²) in [5, 5.41) is 4.39. The summed E-state index contributed by atoms with van der Waals surface area (Å²) in [6, 6.07) is 0.259. The maximum atomic E-state index is 5.92. The molecule has 3 unspecified atom stereocenters. The van der Waals surface area contributed by atoms with Gasteiger partial charge in [0, 0.05) is 6.04 Å². The second kappa shape index (κ2) is 5.69. The van der Waals surface area contributed by atoms with E-state index in [4.69, 9.17) is 10.6 Å². The maximum Gasteiger partial charge on any atom is 0.0902 e. The third-order valence-corrected chi connectivity index (χ3v) is 4.00. The number of nitrogens with two attached hydrogens (primary N) is 1. The van der Waals surface area contributed by atoms with Crippen molar-refractivity contribution < 1.29 is 4.74 Å². The van der Waals surface area contributed by atoms with E-state index >= 15 is 0 Å². The van der Waals surface area contributed by atoms with Crippen molar-refractivity contribution in [3.05, 3.63) is 16.4 Å². The molecule has 1 aliphatic rings. The molecule has 2 heterocycles. The third-order valence-electron chi connectivity index (χ3n) is 3.39. The lowest BCUT2D eigenvalue weighted by Crippen LogP contribution is -2.38. The topological polar surface area (TPSA) is 65.1 Å². The Hall–Kier alpha value is -0.430. The zero-order valence-corrected chi connectivity index (χ0v) is 12.6. The Morgan fingerprint density at radius 3 is 2.78 bits per heavy atom. The van der Waals surface area contributed by atoms with Crippen molar-refractivity contribution in [2.45, 2.75) is 57.9 Å². The van der Waals surface area contributed by atoms with E-state index in [1.54, 1.807) is 0 Å². The summed E-state index contributed by atoms with van der Waals surface area (Å²) in [4.78, 5) is 0. The van der Waals surface area contributed by atoms with Crippen LogP contribution in [-0.4, -0.2) is 22.0 Å². The number of hydrogen-bond donors (Lipinski definition) is 2. The number of hydrogen-bond acceptors (Lipinski definition) is 4. The number of hydrazine groups is 1. The fraction of sp³-hybridized carbons (Fsp3) is 0.750. The van der Waals surface area contributed by atoms with E-state index in [0.717, 1.165) is 23.0 Å². The predicted octanol–water partition coefficient (Wildman–Crippen LogP) is 2.30. The molecule has 1 aliphatic heterocycles. The van der Waals surface area contributed by atoms with Crippen LogP contribution in [-0.2, 0) is 4.74 Å². The van der Waals surface area contributed by atoms with Crippen LogP contribution in [0.2, 0.25) is 0 Å². The van der Waals surface area contributed by atoms with Crippen LogP contribution in [0.5, 0.6) is 0 Å². The van der Waals surface area contributed by atoms with Gasteiger partial charge in [-0.1, -0.05) is 0 Å². The number of nitrogens with zero attached hydrogens (tertiary/aromatic N) is 2. The van der Waals surface area contributed by atoms with Gasteiger partial charge in [0.15, 0.2) is 0 Å². The second-order valence-electron chi connectivity index (χ2n) is 5.12. The van der Waals surface area contributed by atoms with E-state index in [2.05, 4.69) is 47.2 Å². The van der Waals surface area contributed by atoms with Gasteiger partial charge < -0.3 is 4.74 Å². The van der Waals surface area contributed by atoms with E-state index in [1.807, 2.05) is 10.9 Å². The van der Waals surface area contributed by atoms with E-state index in [-0.39, 0.29) is 12.1 Å². The average molecular weight is 317 g/mol. The van der Waals surface area contributed by atoms with Crippen molar-refractivity contribution >= 4 is 15.9 Å². The quantitative estimate of drug-likeness (QED) is 0.661. The van der Waals surface area contributed by atoms with Crippen molar-refractivity contribution in [2.24, 2.45) is 5.84 Å². The molecule has 1 saturated heterocycles. The van der Waals surface area contributed by atoms with Gasteiger partial charge in [-0.25, -0.2) is 5.43 Å². The number of ether oxygens (including phenoxy) is 1. The molecule has 0 bridgehead atoms. The van der Waals surface area contributed by atoms with Gasteiger partial charge in [-0.3, -0.25) is 10.5 Å². The first kappa shape index (κ1) is 14.0. The van der Waals surface area contributed by atoms with E-state index in [0.29, 0.717) is 12.1 Å². The van der Waals surface area contributed by atoms with Gasteiger partial charge in [0.05, 0.1) is 34.6 Å². The maximum absolute atomic E-state index is 5.92. The Morgan fingerprint density at radius 1 is 1.56 bits per heavy atom.